The first-order valence-corrected chi connectivity index (χ1v) is 16.2. The van der Waals surface area contributed by atoms with E-state index >= 15 is 4.39 Å². The number of aliphatic hydroxyl groups is 2. The third kappa shape index (κ3) is 7.69. The van der Waals surface area contributed by atoms with E-state index in [1.165, 1.54) is 6.07 Å². The topological polar surface area (TPSA) is 98.6 Å². The Bertz CT molecular complexity index is 1480. The number of likely N-dealkylation sites (tertiary alicyclic amines) is 1. The Morgan fingerprint density at radius 1 is 1.13 bits per heavy atom. The van der Waals surface area contributed by atoms with Gasteiger partial charge in [-0.3, -0.25) is 4.90 Å². The van der Waals surface area contributed by atoms with Gasteiger partial charge in [0.2, 0.25) is 5.88 Å². The number of carbonyl (C=O) groups is 1. The highest BCUT2D eigenvalue weighted by Gasteiger charge is 2.46. The molecule has 0 radical (unpaired) electrons. The fourth-order valence-electron chi connectivity index (χ4n) is 6.80. The minimum Gasteiger partial charge on any atom is -0.439 e. The Hall–Kier alpha value is -3.57. The number of aromatic nitrogens is 1. The molecule has 10 heteroatoms. The number of aliphatic hydroxyl groups excluding tert-OH is 1. The third-order valence-corrected chi connectivity index (χ3v) is 9.43. The summed E-state index contributed by atoms with van der Waals surface area (Å²) >= 11 is 0. The smallest absolute Gasteiger partial charge is 0.321 e. The quantitative estimate of drug-likeness (QED) is 0.201. The van der Waals surface area contributed by atoms with Crippen molar-refractivity contribution in [1.82, 2.24) is 19.7 Å². The van der Waals surface area contributed by atoms with Crippen LogP contribution in [0.25, 0.3) is 0 Å². The standard InChI is InChI=1S/C36H47FN4O5/c1-6-33(24(3)20-25(4)35(42)43)46-34-10-8-27(26(5)38-34)21-39-15-11-29(12-16-39)41-32(30-19-23(2)7-9-31(30)37)22-40(36(41)44)28-13-17-45-18-14-28/h6-10,19-20,28-29,32,35,42-43H,4,11-18,21-22H2,1-3,5H3/b24-20-,33-6+/t32-/m0/s1. The molecule has 0 spiro atoms. The number of nitrogens with zero attached hydrogens (tertiary/aromatic N) is 4. The molecule has 3 aliphatic heterocycles. The van der Waals surface area contributed by atoms with Crippen molar-refractivity contribution in [2.24, 2.45) is 0 Å². The number of ether oxygens (including phenoxy) is 2. The summed E-state index contributed by atoms with van der Waals surface area (Å²) in [5.41, 5.74) is 4.43. The van der Waals surface area contributed by atoms with Crippen molar-refractivity contribution in [3.05, 3.63) is 94.2 Å². The molecule has 0 unspecified atom stereocenters. The molecule has 0 saturated carbocycles. The number of allylic oxidation sites excluding steroid dienone is 2. The molecule has 2 amide bonds. The van der Waals surface area contributed by atoms with Crippen molar-refractivity contribution in [1.29, 1.82) is 0 Å². The second-order valence-electron chi connectivity index (χ2n) is 12.7. The van der Waals surface area contributed by atoms with Gasteiger partial charge in [-0.1, -0.05) is 30.3 Å². The van der Waals surface area contributed by atoms with E-state index < -0.39 is 6.29 Å². The molecule has 3 saturated heterocycles. The Balaban J connectivity index is 1.24. The Kier molecular flexibility index (Phi) is 10.9. The predicted octanol–water partition coefficient (Wildman–Crippen LogP) is 5.56. The number of pyridine rings is 1. The summed E-state index contributed by atoms with van der Waals surface area (Å²) in [7, 11) is 0. The number of aryl methyl sites for hydroxylation is 2. The van der Waals surface area contributed by atoms with Crippen LogP contribution in [0.1, 0.15) is 68.0 Å². The minimum absolute atomic E-state index is 0.0225. The Morgan fingerprint density at radius 3 is 2.50 bits per heavy atom. The Morgan fingerprint density at radius 2 is 1.85 bits per heavy atom. The highest BCUT2D eigenvalue weighted by Crippen LogP contribution is 2.38. The summed E-state index contributed by atoms with van der Waals surface area (Å²) < 4.78 is 26.8. The van der Waals surface area contributed by atoms with Gasteiger partial charge < -0.3 is 29.5 Å². The molecule has 5 rings (SSSR count). The lowest BCUT2D eigenvalue weighted by molar-refractivity contribution is -0.00456. The first-order valence-electron chi connectivity index (χ1n) is 16.2. The van der Waals surface area contributed by atoms with Gasteiger partial charge >= 0.3 is 6.03 Å². The van der Waals surface area contributed by atoms with Gasteiger partial charge in [0.1, 0.15) is 11.6 Å². The van der Waals surface area contributed by atoms with Crippen molar-refractivity contribution < 1.29 is 28.9 Å². The number of piperidine rings is 1. The minimum atomic E-state index is -1.63. The molecule has 4 heterocycles. The second-order valence-corrected chi connectivity index (χ2v) is 12.7. The lowest BCUT2D eigenvalue weighted by Gasteiger charge is -2.39. The van der Waals surface area contributed by atoms with Crippen molar-refractivity contribution in [2.75, 3.05) is 32.8 Å². The molecule has 3 aliphatic rings. The van der Waals surface area contributed by atoms with Crippen molar-refractivity contribution in [3.63, 3.8) is 0 Å². The van der Waals surface area contributed by atoms with Crippen LogP contribution < -0.4 is 4.74 Å². The lowest BCUT2D eigenvalue weighted by Crippen LogP contribution is -2.48. The predicted molar refractivity (Wildman–Crippen MR) is 174 cm³/mol. The molecule has 1 aromatic heterocycles. The van der Waals surface area contributed by atoms with E-state index in [-0.39, 0.29) is 35.5 Å². The maximum Gasteiger partial charge on any atom is 0.321 e. The lowest BCUT2D eigenvalue weighted by atomic mass is 9.97. The highest BCUT2D eigenvalue weighted by atomic mass is 19.1. The fourth-order valence-corrected chi connectivity index (χ4v) is 6.80. The van der Waals surface area contributed by atoms with Crippen LogP contribution in [0.2, 0.25) is 0 Å². The van der Waals surface area contributed by atoms with Gasteiger partial charge in [0.15, 0.2) is 6.29 Å². The summed E-state index contributed by atoms with van der Waals surface area (Å²) in [6.45, 7) is 15.4. The van der Waals surface area contributed by atoms with Crippen LogP contribution in [-0.4, -0.2) is 87.1 Å². The van der Waals surface area contributed by atoms with Crippen LogP contribution in [0, 0.1) is 19.7 Å². The molecule has 1 atom stereocenters. The maximum atomic E-state index is 15.2. The summed E-state index contributed by atoms with van der Waals surface area (Å²) in [5.74, 6) is 0.753. The average Bonchev–Trinajstić information content (AvgIpc) is 3.39. The zero-order valence-corrected chi connectivity index (χ0v) is 27.4. The maximum absolute atomic E-state index is 15.2. The van der Waals surface area contributed by atoms with Crippen LogP contribution in [0.4, 0.5) is 9.18 Å². The van der Waals surface area contributed by atoms with Crippen LogP contribution >= 0.6 is 0 Å². The van der Waals surface area contributed by atoms with Gasteiger partial charge in [-0.15, -0.1) is 0 Å². The molecule has 2 aromatic rings. The van der Waals surface area contributed by atoms with Crippen molar-refractivity contribution in [3.8, 4) is 5.88 Å². The van der Waals surface area contributed by atoms with Crippen molar-refractivity contribution >= 4 is 6.03 Å². The molecular weight excluding hydrogens is 587 g/mol. The molecule has 3 fully saturated rings. The molecule has 248 valence electrons. The zero-order chi connectivity index (χ0) is 33.0. The number of rotatable bonds is 10. The average molecular weight is 635 g/mol. The van der Waals surface area contributed by atoms with E-state index in [0.29, 0.717) is 42.5 Å². The van der Waals surface area contributed by atoms with Gasteiger partial charge in [-0.2, -0.15) is 0 Å². The van der Waals surface area contributed by atoms with E-state index in [1.807, 2.05) is 55.7 Å². The largest absolute Gasteiger partial charge is 0.439 e. The molecule has 0 aliphatic carbocycles. The van der Waals surface area contributed by atoms with Gasteiger partial charge in [0, 0.05) is 74.4 Å². The summed E-state index contributed by atoms with van der Waals surface area (Å²) in [5, 5.41) is 18.7. The number of hydrogen-bond donors (Lipinski definition) is 2. The van der Waals surface area contributed by atoms with Gasteiger partial charge in [-0.25, -0.2) is 14.2 Å². The first kappa shape index (κ1) is 33.8. The van der Waals surface area contributed by atoms with Crippen LogP contribution in [0.15, 0.2) is 66.0 Å². The number of urea groups is 1. The van der Waals surface area contributed by atoms with E-state index in [1.54, 1.807) is 18.2 Å². The normalized spacial score (nSPS) is 21.0. The number of amides is 2. The zero-order valence-electron chi connectivity index (χ0n) is 27.4. The number of carbonyl (C=O) groups excluding carboxylic acids is 1. The second kappa shape index (κ2) is 14.9. The van der Waals surface area contributed by atoms with Gasteiger partial charge in [0.05, 0.1) is 6.04 Å². The summed E-state index contributed by atoms with van der Waals surface area (Å²) in [6.07, 6.45) is 5.00. The van der Waals surface area contributed by atoms with Crippen molar-refractivity contribution in [2.45, 2.75) is 84.3 Å². The van der Waals surface area contributed by atoms with E-state index in [0.717, 1.165) is 62.1 Å². The van der Waals surface area contributed by atoms with Crippen LogP contribution in [-0.2, 0) is 11.3 Å². The van der Waals surface area contributed by atoms with Crippen LogP contribution in [0.5, 0.6) is 5.88 Å². The molecule has 46 heavy (non-hydrogen) atoms. The van der Waals surface area contributed by atoms with E-state index in [4.69, 9.17) is 9.47 Å². The number of benzene rings is 1. The summed E-state index contributed by atoms with van der Waals surface area (Å²) in [4.78, 5) is 25.0. The van der Waals surface area contributed by atoms with Crippen LogP contribution in [0.3, 0.4) is 0 Å². The van der Waals surface area contributed by atoms with Gasteiger partial charge in [-0.05, 0) is 82.7 Å². The molecule has 9 nitrogen and oxygen atoms in total. The summed E-state index contributed by atoms with van der Waals surface area (Å²) in [6, 6.07) is 8.95. The SMILES string of the molecule is C=C(/C=C(C)\C(=C/C)Oc1ccc(CN2CCC(N3C(=O)N(C4CCOCC4)C[C@H]3c3cc(C)ccc3F)CC2)c(C)n1)C(O)O. The number of hydrogen-bond acceptors (Lipinski definition) is 7. The van der Waals surface area contributed by atoms with E-state index in [2.05, 4.69) is 16.5 Å². The highest BCUT2D eigenvalue weighted by molar-refractivity contribution is 5.78. The molecule has 2 N–H and O–H groups in total. The first-order chi connectivity index (χ1) is 22.0. The fraction of sp³-hybridized carbons (Fsp3) is 0.500. The molecular formula is C36H47FN4O5. The molecule has 1 aromatic carbocycles. The van der Waals surface area contributed by atoms with Gasteiger partial charge in [0.25, 0.3) is 0 Å². The Labute approximate surface area is 271 Å². The number of halogens is 1. The van der Waals surface area contributed by atoms with E-state index in [9.17, 15) is 15.0 Å². The monoisotopic (exact) mass is 634 g/mol. The third-order valence-electron chi connectivity index (χ3n) is 9.43. The molecule has 0 bridgehead atoms.